The van der Waals surface area contributed by atoms with Gasteiger partial charge in [0.25, 0.3) is 0 Å². The van der Waals surface area contributed by atoms with E-state index in [0.29, 0.717) is 5.82 Å². The van der Waals surface area contributed by atoms with Crippen molar-refractivity contribution < 1.29 is 14.3 Å². The zero-order chi connectivity index (χ0) is 15.8. The summed E-state index contributed by atoms with van der Waals surface area (Å²) >= 11 is 0. The second-order valence-electron chi connectivity index (χ2n) is 6.20. The molecule has 0 spiro atoms. The number of anilines is 1. The first kappa shape index (κ1) is 15.3. The summed E-state index contributed by atoms with van der Waals surface area (Å²) < 4.78 is 5.37. The second kappa shape index (κ2) is 5.35. The number of aryl methyl sites for hydroxylation is 1. The van der Waals surface area contributed by atoms with Crippen LogP contribution in [0, 0.1) is 6.92 Å². The number of aromatic nitrogens is 1. The van der Waals surface area contributed by atoms with Crippen molar-refractivity contribution >= 4 is 17.8 Å². The molecular weight excluding hydrogens is 270 g/mol. The molecular formula is C15H21N3O3. The van der Waals surface area contributed by atoms with Crippen molar-refractivity contribution in [3.63, 3.8) is 0 Å². The van der Waals surface area contributed by atoms with Crippen molar-refractivity contribution in [2.45, 2.75) is 39.3 Å². The van der Waals surface area contributed by atoms with Gasteiger partial charge in [-0.15, -0.1) is 0 Å². The molecule has 2 heterocycles. The molecule has 1 aliphatic rings. The molecule has 0 aliphatic carbocycles. The van der Waals surface area contributed by atoms with Gasteiger partial charge in [0, 0.05) is 13.2 Å². The highest BCUT2D eigenvalue weighted by Gasteiger charge is 2.42. The Labute approximate surface area is 124 Å². The molecule has 0 aromatic carbocycles. The highest BCUT2D eigenvalue weighted by molar-refractivity contribution is 5.98. The SMILES string of the molecule is Cc1cccnc1N1CC(C(=O)OC(C)(C)C)N(C)C1=O. The third-order valence-corrected chi connectivity index (χ3v) is 3.27. The molecule has 1 aromatic rings. The summed E-state index contributed by atoms with van der Waals surface area (Å²) in [4.78, 5) is 31.7. The van der Waals surface area contributed by atoms with Crippen molar-refractivity contribution in [1.82, 2.24) is 9.88 Å². The number of urea groups is 1. The number of rotatable bonds is 2. The molecule has 21 heavy (non-hydrogen) atoms. The molecule has 0 radical (unpaired) electrons. The predicted octanol–water partition coefficient (Wildman–Crippen LogP) is 1.97. The second-order valence-corrected chi connectivity index (χ2v) is 6.20. The Bertz CT molecular complexity index is 566. The number of esters is 1. The molecule has 1 aromatic heterocycles. The molecule has 0 N–H and O–H groups in total. The molecule has 1 atom stereocenters. The maximum absolute atomic E-state index is 12.3. The van der Waals surface area contributed by atoms with E-state index in [2.05, 4.69) is 4.98 Å². The van der Waals surface area contributed by atoms with Gasteiger partial charge in [0.05, 0.1) is 6.54 Å². The number of amides is 2. The van der Waals surface area contributed by atoms with Gasteiger partial charge in [0.1, 0.15) is 17.5 Å². The summed E-state index contributed by atoms with van der Waals surface area (Å²) in [7, 11) is 1.61. The smallest absolute Gasteiger partial charge is 0.331 e. The molecule has 1 aliphatic heterocycles. The predicted molar refractivity (Wildman–Crippen MR) is 79.1 cm³/mol. The molecule has 6 nitrogen and oxygen atoms in total. The lowest BCUT2D eigenvalue weighted by Crippen LogP contribution is -2.40. The minimum absolute atomic E-state index is 0.243. The number of ether oxygens (including phenoxy) is 1. The molecule has 0 saturated carbocycles. The van der Waals surface area contributed by atoms with Gasteiger partial charge in [0.15, 0.2) is 0 Å². The van der Waals surface area contributed by atoms with Crippen LogP contribution in [-0.4, -0.2) is 47.1 Å². The summed E-state index contributed by atoms with van der Waals surface area (Å²) in [5, 5.41) is 0. The Morgan fingerprint density at radius 2 is 2.10 bits per heavy atom. The van der Waals surface area contributed by atoms with Crippen molar-refractivity contribution in [2.75, 3.05) is 18.5 Å². The van der Waals surface area contributed by atoms with Gasteiger partial charge in [-0.2, -0.15) is 0 Å². The van der Waals surface area contributed by atoms with Crippen molar-refractivity contribution in [2.24, 2.45) is 0 Å². The molecule has 1 fully saturated rings. The van der Waals surface area contributed by atoms with E-state index in [9.17, 15) is 9.59 Å². The molecule has 1 saturated heterocycles. The molecule has 2 amide bonds. The summed E-state index contributed by atoms with van der Waals surface area (Å²) in [6.07, 6.45) is 1.64. The van der Waals surface area contributed by atoms with E-state index < -0.39 is 17.6 Å². The summed E-state index contributed by atoms with van der Waals surface area (Å²) in [5.74, 6) is 0.190. The highest BCUT2D eigenvalue weighted by atomic mass is 16.6. The minimum atomic E-state index is -0.613. The summed E-state index contributed by atoms with van der Waals surface area (Å²) in [6, 6.07) is 2.84. The molecule has 114 valence electrons. The van der Waals surface area contributed by atoms with Crippen LogP contribution in [0.4, 0.5) is 10.6 Å². The van der Waals surface area contributed by atoms with Crippen LogP contribution in [0.2, 0.25) is 0 Å². The van der Waals surface area contributed by atoms with Gasteiger partial charge in [-0.3, -0.25) is 4.90 Å². The van der Waals surface area contributed by atoms with Crippen LogP contribution < -0.4 is 4.90 Å². The number of carbonyl (C=O) groups is 2. The number of pyridine rings is 1. The Morgan fingerprint density at radius 1 is 1.43 bits per heavy atom. The van der Waals surface area contributed by atoms with E-state index in [0.717, 1.165) is 5.56 Å². The molecule has 6 heteroatoms. The van der Waals surface area contributed by atoms with Gasteiger partial charge < -0.3 is 9.64 Å². The quantitative estimate of drug-likeness (QED) is 0.782. The van der Waals surface area contributed by atoms with Crippen LogP contribution in [0.5, 0.6) is 0 Å². The monoisotopic (exact) mass is 291 g/mol. The number of carbonyl (C=O) groups excluding carboxylic acids is 2. The van der Waals surface area contributed by atoms with Crippen molar-refractivity contribution in [3.05, 3.63) is 23.9 Å². The van der Waals surface area contributed by atoms with E-state index in [1.807, 2.05) is 39.8 Å². The average Bonchev–Trinajstić information content (AvgIpc) is 2.65. The van der Waals surface area contributed by atoms with E-state index in [-0.39, 0.29) is 12.6 Å². The topological polar surface area (TPSA) is 62.7 Å². The van der Waals surface area contributed by atoms with Crippen molar-refractivity contribution in [3.8, 4) is 0 Å². The zero-order valence-corrected chi connectivity index (χ0v) is 13.1. The largest absolute Gasteiger partial charge is 0.458 e. The first-order valence-corrected chi connectivity index (χ1v) is 6.89. The normalized spacial score (nSPS) is 19.1. The first-order chi connectivity index (χ1) is 9.70. The zero-order valence-electron chi connectivity index (χ0n) is 13.1. The lowest BCUT2D eigenvalue weighted by atomic mass is 10.2. The average molecular weight is 291 g/mol. The minimum Gasteiger partial charge on any atom is -0.458 e. The van der Waals surface area contributed by atoms with Crippen LogP contribution in [0.15, 0.2) is 18.3 Å². The van der Waals surface area contributed by atoms with E-state index >= 15 is 0 Å². The van der Waals surface area contributed by atoms with Gasteiger partial charge in [-0.05, 0) is 39.3 Å². The summed E-state index contributed by atoms with van der Waals surface area (Å²) in [5.41, 5.74) is 0.319. The fourth-order valence-electron chi connectivity index (χ4n) is 2.24. The molecule has 1 unspecified atom stereocenters. The maximum atomic E-state index is 12.3. The van der Waals surface area contributed by atoms with Gasteiger partial charge >= 0.3 is 12.0 Å². The third kappa shape index (κ3) is 3.15. The summed E-state index contributed by atoms with van der Waals surface area (Å²) in [6.45, 7) is 7.56. The fraction of sp³-hybridized carbons (Fsp3) is 0.533. The Hall–Kier alpha value is -2.11. The molecule has 2 rings (SSSR count). The Kier molecular flexibility index (Phi) is 3.89. The standard InChI is InChI=1S/C15H21N3O3/c1-10-7-6-8-16-12(10)18-9-11(17(5)14(18)20)13(19)21-15(2,3)4/h6-8,11H,9H2,1-5H3. The highest BCUT2D eigenvalue weighted by Crippen LogP contribution is 2.25. The van der Waals surface area contributed by atoms with Gasteiger partial charge in [-0.25, -0.2) is 14.6 Å². The first-order valence-electron chi connectivity index (χ1n) is 6.89. The van der Waals surface area contributed by atoms with E-state index in [1.54, 1.807) is 13.2 Å². The number of nitrogens with zero attached hydrogens (tertiary/aromatic N) is 3. The van der Waals surface area contributed by atoms with E-state index in [1.165, 1.54) is 9.80 Å². The van der Waals surface area contributed by atoms with Crippen LogP contribution in [0.25, 0.3) is 0 Å². The molecule has 0 bridgehead atoms. The van der Waals surface area contributed by atoms with E-state index in [4.69, 9.17) is 4.74 Å². The Morgan fingerprint density at radius 3 is 2.67 bits per heavy atom. The number of hydrogen-bond donors (Lipinski definition) is 0. The maximum Gasteiger partial charge on any atom is 0.331 e. The lowest BCUT2D eigenvalue weighted by molar-refractivity contribution is -0.158. The van der Waals surface area contributed by atoms with Crippen LogP contribution in [-0.2, 0) is 9.53 Å². The van der Waals surface area contributed by atoms with Gasteiger partial charge in [-0.1, -0.05) is 6.07 Å². The Balaban J connectivity index is 2.21. The lowest BCUT2D eigenvalue weighted by Gasteiger charge is -2.24. The van der Waals surface area contributed by atoms with Crippen LogP contribution >= 0.6 is 0 Å². The fourth-order valence-corrected chi connectivity index (χ4v) is 2.24. The van der Waals surface area contributed by atoms with Crippen molar-refractivity contribution in [1.29, 1.82) is 0 Å². The van der Waals surface area contributed by atoms with Crippen LogP contribution in [0.3, 0.4) is 0 Å². The number of hydrogen-bond acceptors (Lipinski definition) is 4. The van der Waals surface area contributed by atoms with Gasteiger partial charge in [0.2, 0.25) is 0 Å². The van der Waals surface area contributed by atoms with Crippen LogP contribution in [0.1, 0.15) is 26.3 Å². The number of likely N-dealkylation sites (N-methyl/N-ethyl adjacent to an activating group) is 1. The third-order valence-electron chi connectivity index (χ3n) is 3.27.